The maximum Gasteiger partial charge on any atom is 0.255 e. The zero-order chi connectivity index (χ0) is 26.9. The molecule has 2 aromatic heterocycles. The van der Waals surface area contributed by atoms with Gasteiger partial charge in [-0.3, -0.25) is 9.69 Å². The van der Waals surface area contributed by atoms with Crippen molar-refractivity contribution in [2.24, 2.45) is 0 Å². The van der Waals surface area contributed by atoms with Crippen LogP contribution in [0.5, 0.6) is 11.6 Å². The monoisotopic (exact) mass is 530 g/mol. The summed E-state index contributed by atoms with van der Waals surface area (Å²) in [5.41, 5.74) is 3.70. The van der Waals surface area contributed by atoms with Gasteiger partial charge in [-0.05, 0) is 66.8 Å². The highest BCUT2D eigenvalue weighted by atomic mass is 32.1. The van der Waals surface area contributed by atoms with E-state index >= 15 is 0 Å². The van der Waals surface area contributed by atoms with Gasteiger partial charge in [0, 0.05) is 29.2 Å². The number of aryl methyl sites for hydroxylation is 2. The van der Waals surface area contributed by atoms with E-state index in [4.69, 9.17) is 19.4 Å². The number of amides is 1. The number of nitrogens with zero attached hydrogens (tertiary/aromatic N) is 3. The Balaban J connectivity index is 1.32. The van der Waals surface area contributed by atoms with Gasteiger partial charge >= 0.3 is 0 Å². The summed E-state index contributed by atoms with van der Waals surface area (Å²) in [6.07, 6.45) is 0. The van der Waals surface area contributed by atoms with Gasteiger partial charge in [-0.2, -0.15) is 4.98 Å². The number of rotatable bonds is 6. The molecule has 0 spiro atoms. The molecule has 0 aliphatic carbocycles. The Morgan fingerprint density at radius 3 is 2.37 bits per heavy atom. The van der Waals surface area contributed by atoms with Gasteiger partial charge in [-0.15, -0.1) is 11.3 Å². The molecule has 0 saturated carbocycles. The third-order valence-corrected chi connectivity index (χ3v) is 7.95. The summed E-state index contributed by atoms with van der Waals surface area (Å²) in [4.78, 5) is 26.9. The summed E-state index contributed by atoms with van der Waals surface area (Å²) in [5.74, 6) is 1.82. The fourth-order valence-corrected chi connectivity index (χ4v) is 5.44. The van der Waals surface area contributed by atoms with E-state index in [1.165, 1.54) is 10.4 Å². The van der Waals surface area contributed by atoms with E-state index in [0.29, 0.717) is 29.4 Å². The summed E-state index contributed by atoms with van der Waals surface area (Å²) >= 11 is 1.67. The molecule has 0 bridgehead atoms. The molecule has 2 aromatic carbocycles. The van der Waals surface area contributed by atoms with Gasteiger partial charge in [0.2, 0.25) is 5.88 Å². The van der Waals surface area contributed by atoms with E-state index in [1.54, 1.807) is 11.3 Å². The highest BCUT2D eigenvalue weighted by molar-refractivity contribution is 7.18. The van der Waals surface area contributed by atoms with Crippen LogP contribution in [0, 0.1) is 13.8 Å². The second-order valence-corrected chi connectivity index (χ2v) is 11.9. The molecule has 0 radical (unpaired) electrons. The lowest BCUT2D eigenvalue weighted by Crippen LogP contribution is -2.36. The molecule has 1 aliphatic rings. The van der Waals surface area contributed by atoms with E-state index in [1.807, 2.05) is 48.5 Å². The van der Waals surface area contributed by atoms with Crippen molar-refractivity contribution in [1.82, 2.24) is 14.9 Å². The van der Waals surface area contributed by atoms with Crippen LogP contribution in [0.15, 0.2) is 48.5 Å². The molecule has 3 heterocycles. The van der Waals surface area contributed by atoms with Gasteiger partial charge in [0.15, 0.2) is 0 Å². The van der Waals surface area contributed by atoms with Crippen molar-refractivity contribution in [1.29, 1.82) is 0 Å². The highest BCUT2D eigenvalue weighted by Crippen LogP contribution is 2.37. The first kappa shape index (κ1) is 26.3. The van der Waals surface area contributed by atoms with Crippen LogP contribution < -0.4 is 10.1 Å². The van der Waals surface area contributed by atoms with E-state index in [-0.39, 0.29) is 11.3 Å². The first-order valence-corrected chi connectivity index (χ1v) is 13.8. The Kier molecular flexibility index (Phi) is 7.47. The van der Waals surface area contributed by atoms with Gasteiger partial charge in [0.05, 0.1) is 25.1 Å². The van der Waals surface area contributed by atoms with E-state index in [9.17, 15) is 4.79 Å². The van der Waals surface area contributed by atoms with Crippen LogP contribution in [0.1, 0.15) is 53.0 Å². The molecule has 7 nitrogen and oxygen atoms in total. The van der Waals surface area contributed by atoms with Crippen LogP contribution in [0.4, 0.5) is 5.69 Å². The summed E-state index contributed by atoms with van der Waals surface area (Å²) in [5, 5.41) is 3.92. The molecule has 198 valence electrons. The third-order valence-electron chi connectivity index (χ3n) is 6.85. The smallest absolute Gasteiger partial charge is 0.255 e. The minimum absolute atomic E-state index is 0.0453. The summed E-state index contributed by atoms with van der Waals surface area (Å²) in [6, 6.07) is 15.1. The normalized spacial score (nSPS) is 14.6. The minimum Gasteiger partial charge on any atom is -0.438 e. The van der Waals surface area contributed by atoms with Crippen molar-refractivity contribution in [3.8, 4) is 11.6 Å². The van der Waals surface area contributed by atoms with Crippen LogP contribution in [0.3, 0.4) is 0 Å². The van der Waals surface area contributed by atoms with Gasteiger partial charge in [-0.1, -0.05) is 32.9 Å². The SMILES string of the molecule is Cc1sc2nc(CN3CCOCC3)nc(Oc3ccc(NC(=O)c4ccc(C(C)(C)C)cc4)cc3)c2c1C. The largest absolute Gasteiger partial charge is 0.438 e. The average Bonchev–Trinajstić information content (AvgIpc) is 3.18. The lowest BCUT2D eigenvalue weighted by atomic mass is 9.87. The van der Waals surface area contributed by atoms with E-state index in [0.717, 1.165) is 47.9 Å². The Labute approximate surface area is 227 Å². The molecule has 8 heteroatoms. The number of carbonyl (C=O) groups excluding carboxylic acids is 1. The average molecular weight is 531 g/mol. The number of fused-ring (bicyclic) bond motifs is 1. The second kappa shape index (κ2) is 10.8. The molecule has 1 fully saturated rings. The van der Waals surface area contributed by atoms with Crippen molar-refractivity contribution in [3.63, 3.8) is 0 Å². The van der Waals surface area contributed by atoms with Crippen molar-refractivity contribution >= 4 is 33.1 Å². The number of ether oxygens (including phenoxy) is 2. The van der Waals surface area contributed by atoms with Gasteiger partial charge in [0.1, 0.15) is 16.4 Å². The van der Waals surface area contributed by atoms with Crippen molar-refractivity contribution < 1.29 is 14.3 Å². The predicted molar refractivity (Wildman–Crippen MR) is 153 cm³/mol. The molecule has 1 amide bonds. The molecule has 0 atom stereocenters. The zero-order valence-electron chi connectivity index (χ0n) is 22.6. The third kappa shape index (κ3) is 5.88. The van der Waals surface area contributed by atoms with Gasteiger partial charge < -0.3 is 14.8 Å². The number of nitrogens with one attached hydrogen (secondary N) is 1. The van der Waals surface area contributed by atoms with Crippen LogP contribution >= 0.6 is 11.3 Å². The fraction of sp³-hybridized carbons (Fsp3) is 0.367. The van der Waals surface area contributed by atoms with Crippen LogP contribution in [-0.4, -0.2) is 47.1 Å². The van der Waals surface area contributed by atoms with Crippen LogP contribution in [0.25, 0.3) is 10.2 Å². The lowest BCUT2D eigenvalue weighted by molar-refractivity contribution is 0.0330. The number of anilines is 1. The highest BCUT2D eigenvalue weighted by Gasteiger charge is 2.19. The second-order valence-electron chi connectivity index (χ2n) is 10.7. The minimum atomic E-state index is -0.145. The first-order valence-electron chi connectivity index (χ1n) is 12.9. The summed E-state index contributed by atoms with van der Waals surface area (Å²) in [7, 11) is 0. The van der Waals surface area contributed by atoms with Crippen molar-refractivity contribution in [2.75, 3.05) is 31.6 Å². The first-order chi connectivity index (χ1) is 18.2. The number of aromatic nitrogens is 2. The van der Waals surface area contributed by atoms with Crippen molar-refractivity contribution in [3.05, 3.63) is 75.9 Å². The Hall–Kier alpha value is -3.33. The Morgan fingerprint density at radius 1 is 1.03 bits per heavy atom. The molecule has 1 N–H and O–H groups in total. The van der Waals surface area contributed by atoms with Gasteiger partial charge in [0.25, 0.3) is 5.91 Å². The molecule has 4 aromatic rings. The van der Waals surface area contributed by atoms with Crippen LogP contribution in [-0.2, 0) is 16.7 Å². The number of morpholine rings is 1. The number of benzene rings is 2. The summed E-state index contributed by atoms with van der Waals surface area (Å²) in [6.45, 7) is 14.5. The predicted octanol–water partition coefficient (Wildman–Crippen LogP) is 6.48. The van der Waals surface area contributed by atoms with Crippen LogP contribution in [0.2, 0.25) is 0 Å². The topological polar surface area (TPSA) is 76.6 Å². The lowest BCUT2D eigenvalue weighted by Gasteiger charge is -2.25. The molecule has 1 saturated heterocycles. The molecular weight excluding hydrogens is 496 g/mol. The number of carbonyl (C=O) groups is 1. The standard InChI is InChI=1S/C30H34N4O3S/c1-19-20(2)38-29-26(19)28(32-25(33-29)18-34-14-16-36-17-15-34)37-24-12-10-23(11-13-24)31-27(35)21-6-8-22(9-7-21)30(3,4)5/h6-13H,14-18H2,1-5H3,(H,31,35). The fourth-order valence-electron chi connectivity index (χ4n) is 4.40. The number of hydrogen-bond donors (Lipinski definition) is 1. The maximum absolute atomic E-state index is 12.8. The molecule has 1 aliphatic heterocycles. The molecule has 0 unspecified atom stereocenters. The Bertz CT molecular complexity index is 1430. The van der Waals surface area contributed by atoms with Gasteiger partial charge in [-0.25, -0.2) is 4.98 Å². The quantitative estimate of drug-likeness (QED) is 0.307. The summed E-state index contributed by atoms with van der Waals surface area (Å²) < 4.78 is 11.8. The number of hydrogen-bond acceptors (Lipinski definition) is 7. The molecular formula is C30H34N4O3S. The van der Waals surface area contributed by atoms with Crippen molar-refractivity contribution in [2.45, 2.75) is 46.6 Å². The molecule has 5 rings (SSSR count). The van der Waals surface area contributed by atoms with E-state index in [2.05, 4.69) is 44.8 Å². The maximum atomic E-state index is 12.8. The number of thiophene rings is 1. The molecule has 38 heavy (non-hydrogen) atoms. The van der Waals surface area contributed by atoms with E-state index < -0.39 is 0 Å². The Morgan fingerprint density at radius 2 is 1.71 bits per heavy atom. The zero-order valence-corrected chi connectivity index (χ0v) is 23.4.